The summed E-state index contributed by atoms with van der Waals surface area (Å²) in [5, 5.41) is 0. The van der Waals surface area contributed by atoms with Crippen molar-refractivity contribution in [2.45, 2.75) is 11.4 Å². The van der Waals surface area contributed by atoms with E-state index < -0.39 is 9.84 Å². The minimum absolute atomic E-state index is 0.250. The molecule has 0 atom stereocenters. The third-order valence-electron chi connectivity index (χ3n) is 1.48. The van der Waals surface area contributed by atoms with Gasteiger partial charge in [0.15, 0.2) is 9.84 Å². The Morgan fingerprint density at radius 3 is 2.50 bits per heavy atom. The number of nitrogens with zero attached hydrogens (tertiary/aromatic N) is 1. The average molecular weight is 187 g/mol. The first-order chi connectivity index (χ1) is 5.54. The van der Waals surface area contributed by atoms with Crippen molar-refractivity contribution in [3.63, 3.8) is 0 Å². The molecule has 1 aromatic rings. The molecule has 0 aliphatic heterocycles. The molecule has 0 spiro atoms. The minimum Gasteiger partial charge on any atom is -0.353 e. The van der Waals surface area contributed by atoms with Gasteiger partial charge in [0.1, 0.15) is 6.54 Å². The highest BCUT2D eigenvalue weighted by molar-refractivity contribution is 7.90. The summed E-state index contributed by atoms with van der Waals surface area (Å²) in [5.74, 6) is 0. The Morgan fingerprint density at radius 1 is 1.50 bits per heavy atom. The van der Waals surface area contributed by atoms with Crippen LogP contribution in [-0.2, 0) is 16.4 Å². The van der Waals surface area contributed by atoms with Gasteiger partial charge >= 0.3 is 0 Å². The summed E-state index contributed by atoms with van der Waals surface area (Å²) in [7, 11) is -3.11. The standard InChI is InChI=1S/C7H10N2O2S/c1-12(10,11)7-3-2-6(4-8)9-5-7/h2-3,5H,4,8H2,1H3/p+1. The summed E-state index contributed by atoms with van der Waals surface area (Å²) in [6.07, 6.45) is 2.52. The lowest BCUT2D eigenvalue weighted by Crippen LogP contribution is -2.47. The number of hydrogen-bond donors (Lipinski definition) is 1. The molecule has 0 aliphatic carbocycles. The van der Waals surface area contributed by atoms with Gasteiger partial charge in [-0.05, 0) is 12.1 Å². The first kappa shape index (κ1) is 9.15. The molecule has 1 rings (SSSR count). The van der Waals surface area contributed by atoms with Gasteiger partial charge in [0, 0.05) is 12.5 Å². The van der Waals surface area contributed by atoms with Crippen LogP contribution < -0.4 is 5.73 Å². The second-order valence-electron chi connectivity index (χ2n) is 2.51. The number of hydrogen-bond acceptors (Lipinski definition) is 3. The Balaban J connectivity index is 3.09. The van der Waals surface area contributed by atoms with Gasteiger partial charge < -0.3 is 5.73 Å². The van der Waals surface area contributed by atoms with E-state index >= 15 is 0 Å². The van der Waals surface area contributed by atoms with Crippen LogP contribution in [0.4, 0.5) is 0 Å². The van der Waals surface area contributed by atoms with Crippen molar-refractivity contribution in [3.05, 3.63) is 24.0 Å². The van der Waals surface area contributed by atoms with Crippen LogP contribution in [0.5, 0.6) is 0 Å². The molecule has 0 aromatic carbocycles. The molecule has 0 aliphatic rings. The fourth-order valence-corrected chi connectivity index (χ4v) is 1.34. The largest absolute Gasteiger partial charge is 0.353 e. The van der Waals surface area contributed by atoms with Crippen LogP contribution >= 0.6 is 0 Å². The molecule has 12 heavy (non-hydrogen) atoms. The molecular formula is C7H11N2O2S+. The van der Waals surface area contributed by atoms with Crippen molar-refractivity contribution in [3.8, 4) is 0 Å². The van der Waals surface area contributed by atoms with Gasteiger partial charge in [-0.3, -0.25) is 4.98 Å². The normalized spacial score (nSPS) is 11.5. The number of rotatable bonds is 2. The van der Waals surface area contributed by atoms with Crippen molar-refractivity contribution in [1.29, 1.82) is 0 Å². The maximum atomic E-state index is 11.0. The number of sulfone groups is 1. The SMILES string of the molecule is CS(=O)(=O)c1ccc(C[NH3+])nc1. The van der Waals surface area contributed by atoms with Gasteiger partial charge in [-0.15, -0.1) is 0 Å². The summed E-state index contributed by atoms with van der Waals surface area (Å²) in [4.78, 5) is 4.17. The van der Waals surface area contributed by atoms with E-state index in [9.17, 15) is 8.42 Å². The highest BCUT2D eigenvalue weighted by Gasteiger charge is 2.06. The summed E-state index contributed by atoms with van der Waals surface area (Å²) in [6, 6.07) is 3.21. The first-order valence-corrected chi connectivity index (χ1v) is 5.37. The number of quaternary nitrogens is 1. The van der Waals surface area contributed by atoms with E-state index in [1.165, 1.54) is 6.20 Å². The molecule has 0 unspecified atom stereocenters. The smallest absolute Gasteiger partial charge is 0.177 e. The molecule has 0 bridgehead atoms. The molecule has 1 aromatic heterocycles. The van der Waals surface area contributed by atoms with Crippen molar-refractivity contribution < 1.29 is 14.2 Å². The molecule has 0 amide bonds. The first-order valence-electron chi connectivity index (χ1n) is 3.48. The second kappa shape index (κ2) is 3.20. The molecule has 3 N–H and O–H groups in total. The van der Waals surface area contributed by atoms with Gasteiger partial charge in [-0.25, -0.2) is 8.42 Å². The minimum atomic E-state index is -3.11. The van der Waals surface area contributed by atoms with Crippen LogP contribution in [0.1, 0.15) is 5.69 Å². The maximum absolute atomic E-state index is 11.0. The van der Waals surface area contributed by atoms with Gasteiger partial charge in [-0.2, -0.15) is 0 Å². The predicted molar refractivity (Wildman–Crippen MR) is 43.9 cm³/mol. The van der Waals surface area contributed by atoms with Crippen LogP contribution in [0.25, 0.3) is 0 Å². The van der Waals surface area contributed by atoms with E-state index in [1.807, 2.05) is 0 Å². The van der Waals surface area contributed by atoms with E-state index in [1.54, 1.807) is 12.1 Å². The lowest BCUT2D eigenvalue weighted by molar-refractivity contribution is -0.387. The lowest BCUT2D eigenvalue weighted by Gasteiger charge is -1.97. The Kier molecular flexibility index (Phi) is 2.44. The molecular weight excluding hydrogens is 176 g/mol. The van der Waals surface area contributed by atoms with Gasteiger partial charge in [0.25, 0.3) is 0 Å². The molecule has 0 saturated heterocycles. The van der Waals surface area contributed by atoms with Crippen LogP contribution in [-0.4, -0.2) is 19.7 Å². The maximum Gasteiger partial charge on any atom is 0.177 e. The Morgan fingerprint density at radius 2 is 2.17 bits per heavy atom. The monoisotopic (exact) mass is 187 g/mol. The number of aromatic nitrogens is 1. The quantitative estimate of drug-likeness (QED) is 0.660. The molecule has 4 nitrogen and oxygen atoms in total. The fourth-order valence-electron chi connectivity index (χ4n) is 0.778. The molecule has 1 heterocycles. The van der Waals surface area contributed by atoms with Crippen molar-refractivity contribution in [2.75, 3.05) is 6.26 Å². The van der Waals surface area contributed by atoms with Crippen LogP contribution in [0, 0.1) is 0 Å². The van der Waals surface area contributed by atoms with E-state index in [2.05, 4.69) is 10.7 Å². The topological polar surface area (TPSA) is 74.7 Å². The summed E-state index contributed by atoms with van der Waals surface area (Å²) >= 11 is 0. The van der Waals surface area contributed by atoms with Crippen molar-refractivity contribution >= 4 is 9.84 Å². The molecule has 5 heteroatoms. The molecule has 66 valence electrons. The van der Waals surface area contributed by atoms with E-state index in [0.717, 1.165) is 11.9 Å². The molecule has 0 saturated carbocycles. The van der Waals surface area contributed by atoms with Crippen LogP contribution in [0.2, 0.25) is 0 Å². The van der Waals surface area contributed by atoms with Crippen LogP contribution in [0.15, 0.2) is 23.2 Å². The zero-order valence-corrected chi connectivity index (χ0v) is 7.63. The lowest BCUT2D eigenvalue weighted by atomic mass is 10.4. The third-order valence-corrected chi connectivity index (χ3v) is 2.58. The van der Waals surface area contributed by atoms with Gasteiger partial charge in [0.05, 0.1) is 10.6 Å². The second-order valence-corrected chi connectivity index (χ2v) is 4.52. The third kappa shape index (κ3) is 2.02. The Hall–Kier alpha value is -0.940. The fraction of sp³-hybridized carbons (Fsp3) is 0.286. The number of pyridine rings is 1. The van der Waals surface area contributed by atoms with Crippen molar-refractivity contribution in [2.24, 2.45) is 0 Å². The van der Waals surface area contributed by atoms with E-state index in [4.69, 9.17) is 0 Å². The van der Waals surface area contributed by atoms with Crippen LogP contribution in [0.3, 0.4) is 0 Å². The van der Waals surface area contributed by atoms with Gasteiger partial charge in [0.2, 0.25) is 0 Å². The zero-order chi connectivity index (χ0) is 9.19. The zero-order valence-electron chi connectivity index (χ0n) is 6.82. The van der Waals surface area contributed by atoms with Gasteiger partial charge in [-0.1, -0.05) is 0 Å². The molecule has 0 fully saturated rings. The predicted octanol–water partition coefficient (Wildman–Crippen LogP) is -0.773. The van der Waals surface area contributed by atoms with Crippen molar-refractivity contribution in [1.82, 2.24) is 4.98 Å². The van der Waals surface area contributed by atoms with E-state index in [0.29, 0.717) is 6.54 Å². The average Bonchev–Trinajstić information content (AvgIpc) is 2.03. The highest BCUT2D eigenvalue weighted by atomic mass is 32.2. The summed E-state index contributed by atoms with van der Waals surface area (Å²) in [5.41, 5.74) is 4.43. The summed E-state index contributed by atoms with van der Waals surface area (Å²) in [6.45, 7) is 0.573. The highest BCUT2D eigenvalue weighted by Crippen LogP contribution is 2.06. The summed E-state index contributed by atoms with van der Waals surface area (Å²) < 4.78 is 22.0. The Bertz CT molecular complexity index is 355. The molecule has 0 radical (unpaired) electrons. The van der Waals surface area contributed by atoms with E-state index in [-0.39, 0.29) is 4.90 Å². The Labute approximate surface area is 71.3 Å².